The molecule has 0 bridgehead atoms. The molecular formula is C17H25N3O2S. The van der Waals surface area contributed by atoms with Gasteiger partial charge in [0.15, 0.2) is 5.13 Å². The molecule has 0 spiro atoms. The lowest BCUT2D eigenvalue weighted by Crippen LogP contribution is -2.45. The Hall–Kier alpha value is -1.66. The molecule has 0 aromatic carbocycles. The Morgan fingerprint density at radius 2 is 2.22 bits per heavy atom. The van der Waals surface area contributed by atoms with Gasteiger partial charge in [-0.2, -0.15) is 0 Å². The Morgan fingerprint density at radius 1 is 1.52 bits per heavy atom. The summed E-state index contributed by atoms with van der Waals surface area (Å²) >= 11 is 1.53. The predicted octanol–water partition coefficient (Wildman–Crippen LogP) is 3.08. The number of aromatic nitrogens is 2. The summed E-state index contributed by atoms with van der Waals surface area (Å²) in [5.74, 6) is -0.0463. The minimum Gasteiger partial charge on any atom is -0.388 e. The summed E-state index contributed by atoms with van der Waals surface area (Å²) in [5.41, 5.74) is 1.54. The average Bonchev–Trinajstić information content (AvgIpc) is 3.12. The van der Waals surface area contributed by atoms with Crippen molar-refractivity contribution in [1.29, 1.82) is 0 Å². The summed E-state index contributed by atoms with van der Waals surface area (Å²) in [6, 6.07) is 1.87. The van der Waals surface area contributed by atoms with Gasteiger partial charge in [-0.05, 0) is 32.8 Å². The largest absolute Gasteiger partial charge is 0.388 e. The number of carbonyl (C=O) groups excluding carboxylic acids is 1. The van der Waals surface area contributed by atoms with E-state index in [1.54, 1.807) is 13.1 Å². The van der Waals surface area contributed by atoms with Crippen LogP contribution in [0.2, 0.25) is 0 Å². The molecule has 0 radical (unpaired) electrons. The highest BCUT2D eigenvalue weighted by Crippen LogP contribution is 2.23. The van der Waals surface area contributed by atoms with Gasteiger partial charge < -0.3 is 10.4 Å². The van der Waals surface area contributed by atoms with Gasteiger partial charge in [0.1, 0.15) is 0 Å². The van der Waals surface area contributed by atoms with Crippen LogP contribution in [0, 0.1) is 19.8 Å². The number of rotatable bonds is 6. The molecule has 5 nitrogen and oxygen atoms in total. The quantitative estimate of drug-likeness (QED) is 0.852. The van der Waals surface area contributed by atoms with Crippen LogP contribution in [0.1, 0.15) is 48.9 Å². The Kier molecular flexibility index (Phi) is 5.26. The number of amides is 1. The van der Waals surface area contributed by atoms with Gasteiger partial charge in [0.25, 0.3) is 5.91 Å². The maximum Gasteiger partial charge on any atom is 0.253 e. The molecule has 2 N–H and O–H groups in total. The van der Waals surface area contributed by atoms with Gasteiger partial charge in [-0.3, -0.25) is 9.36 Å². The monoisotopic (exact) mass is 335 g/mol. The van der Waals surface area contributed by atoms with Crippen molar-refractivity contribution >= 4 is 17.2 Å². The second kappa shape index (κ2) is 6.84. The van der Waals surface area contributed by atoms with Gasteiger partial charge in [-0.15, -0.1) is 11.3 Å². The summed E-state index contributed by atoms with van der Waals surface area (Å²) < 4.78 is 1.98. The molecule has 2 unspecified atom stereocenters. The van der Waals surface area contributed by atoms with Crippen molar-refractivity contribution in [2.45, 2.75) is 46.6 Å². The van der Waals surface area contributed by atoms with E-state index in [1.807, 2.05) is 43.7 Å². The van der Waals surface area contributed by atoms with Crippen molar-refractivity contribution in [2.24, 2.45) is 5.92 Å². The lowest BCUT2D eigenvalue weighted by Gasteiger charge is -2.29. The van der Waals surface area contributed by atoms with Crippen LogP contribution in [0.25, 0.3) is 5.13 Å². The van der Waals surface area contributed by atoms with Gasteiger partial charge in [0.05, 0.1) is 11.2 Å². The number of aliphatic hydroxyl groups is 1. The molecule has 1 amide bonds. The normalized spacial score (nSPS) is 15.2. The van der Waals surface area contributed by atoms with E-state index in [1.165, 1.54) is 11.3 Å². The van der Waals surface area contributed by atoms with Gasteiger partial charge in [0, 0.05) is 29.5 Å². The number of hydrogen-bond acceptors (Lipinski definition) is 4. The lowest BCUT2D eigenvalue weighted by atomic mass is 9.88. The highest BCUT2D eigenvalue weighted by Gasteiger charge is 2.28. The second-order valence-corrected chi connectivity index (χ2v) is 7.16. The van der Waals surface area contributed by atoms with Crippen LogP contribution in [-0.4, -0.2) is 32.7 Å². The van der Waals surface area contributed by atoms with E-state index in [2.05, 4.69) is 10.3 Å². The zero-order valence-corrected chi connectivity index (χ0v) is 15.2. The predicted molar refractivity (Wildman–Crippen MR) is 93.3 cm³/mol. The summed E-state index contributed by atoms with van der Waals surface area (Å²) in [7, 11) is 0. The van der Waals surface area contributed by atoms with E-state index < -0.39 is 5.60 Å². The minimum atomic E-state index is -0.911. The van der Waals surface area contributed by atoms with E-state index >= 15 is 0 Å². The molecule has 2 heterocycles. The summed E-state index contributed by atoms with van der Waals surface area (Å²) in [4.78, 5) is 16.8. The average molecular weight is 335 g/mol. The summed E-state index contributed by atoms with van der Waals surface area (Å²) in [6.07, 6.45) is 2.61. The van der Waals surface area contributed by atoms with E-state index in [0.717, 1.165) is 22.9 Å². The molecule has 6 heteroatoms. The Balaban J connectivity index is 2.17. The first-order chi connectivity index (χ1) is 10.8. The fourth-order valence-electron chi connectivity index (χ4n) is 2.58. The minimum absolute atomic E-state index is 0.116. The number of nitrogens with zero attached hydrogens (tertiary/aromatic N) is 2. The van der Waals surface area contributed by atoms with Crippen molar-refractivity contribution in [3.8, 4) is 5.13 Å². The van der Waals surface area contributed by atoms with E-state index in [-0.39, 0.29) is 18.4 Å². The first kappa shape index (κ1) is 17.7. The molecule has 0 aliphatic rings. The van der Waals surface area contributed by atoms with Gasteiger partial charge in [-0.1, -0.05) is 20.3 Å². The van der Waals surface area contributed by atoms with Crippen molar-refractivity contribution in [3.05, 3.63) is 34.6 Å². The van der Waals surface area contributed by atoms with Crippen LogP contribution < -0.4 is 5.32 Å². The molecule has 126 valence electrons. The third-order valence-corrected chi connectivity index (χ3v) is 5.32. The van der Waals surface area contributed by atoms with Gasteiger partial charge in [0.2, 0.25) is 0 Å². The standard InChI is InChI=1S/C17H25N3O2S/c1-6-11(2)17(5,22)10-19-15(21)14-9-12(3)20(13(14)4)16-18-7-8-23-16/h7-9,11,22H,6,10H2,1-5H3,(H,19,21). The molecule has 0 aliphatic heterocycles. The van der Waals surface area contributed by atoms with E-state index in [0.29, 0.717) is 5.56 Å². The number of thiazole rings is 1. The van der Waals surface area contributed by atoms with Crippen molar-refractivity contribution < 1.29 is 9.90 Å². The van der Waals surface area contributed by atoms with Crippen LogP contribution in [-0.2, 0) is 0 Å². The zero-order chi connectivity index (χ0) is 17.2. The molecular weight excluding hydrogens is 310 g/mol. The molecule has 2 aromatic rings. The molecule has 2 rings (SSSR count). The van der Waals surface area contributed by atoms with Gasteiger partial charge in [-0.25, -0.2) is 4.98 Å². The molecule has 0 saturated heterocycles. The van der Waals surface area contributed by atoms with Gasteiger partial charge >= 0.3 is 0 Å². The first-order valence-corrected chi connectivity index (χ1v) is 8.75. The molecule has 2 atom stereocenters. The Morgan fingerprint density at radius 3 is 2.78 bits per heavy atom. The summed E-state index contributed by atoms with van der Waals surface area (Å²) in [5, 5.41) is 16.1. The third-order valence-electron chi connectivity index (χ3n) is 4.57. The SMILES string of the molecule is CCC(C)C(C)(O)CNC(=O)c1cc(C)n(-c2nccs2)c1C. The number of hydrogen-bond donors (Lipinski definition) is 2. The van der Waals surface area contributed by atoms with E-state index in [4.69, 9.17) is 0 Å². The van der Waals surface area contributed by atoms with Crippen LogP contribution in [0.3, 0.4) is 0 Å². The van der Waals surface area contributed by atoms with Crippen LogP contribution in [0.5, 0.6) is 0 Å². The first-order valence-electron chi connectivity index (χ1n) is 7.87. The smallest absolute Gasteiger partial charge is 0.253 e. The van der Waals surface area contributed by atoms with E-state index in [9.17, 15) is 9.90 Å². The second-order valence-electron chi connectivity index (χ2n) is 6.28. The zero-order valence-electron chi connectivity index (χ0n) is 14.4. The topological polar surface area (TPSA) is 67.2 Å². The molecule has 0 aliphatic carbocycles. The number of nitrogens with one attached hydrogen (secondary N) is 1. The molecule has 0 fully saturated rings. The van der Waals surface area contributed by atoms with Crippen molar-refractivity contribution in [2.75, 3.05) is 6.54 Å². The fourth-order valence-corrected chi connectivity index (χ4v) is 3.33. The number of carbonyl (C=O) groups is 1. The van der Waals surface area contributed by atoms with Crippen LogP contribution in [0.4, 0.5) is 0 Å². The molecule has 0 saturated carbocycles. The maximum atomic E-state index is 12.5. The third kappa shape index (κ3) is 3.64. The molecule has 2 aromatic heterocycles. The fraction of sp³-hybridized carbons (Fsp3) is 0.529. The Labute approximate surface area is 141 Å². The van der Waals surface area contributed by atoms with Crippen molar-refractivity contribution in [1.82, 2.24) is 14.9 Å². The van der Waals surface area contributed by atoms with Crippen molar-refractivity contribution in [3.63, 3.8) is 0 Å². The summed E-state index contributed by atoms with van der Waals surface area (Å²) in [6.45, 7) is 9.89. The molecule has 23 heavy (non-hydrogen) atoms. The van der Waals surface area contributed by atoms with Crippen LogP contribution in [0.15, 0.2) is 17.6 Å². The highest BCUT2D eigenvalue weighted by atomic mass is 32.1. The van der Waals surface area contributed by atoms with Crippen LogP contribution >= 0.6 is 11.3 Å². The maximum absolute atomic E-state index is 12.5. The Bertz CT molecular complexity index is 674. The highest BCUT2D eigenvalue weighted by molar-refractivity contribution is 7.12. The lowest BCUT2D eigenvalue weighted by molar-refractivity contribution is 0.00592. The number of aryl methyl sites for hydroxylation is 1.